The van der Waals surface area contributed by atoms with Crippen LogP contribution in [0.3, 0.4) is 0 Å². The average molecular weight is 415 g/mol. The Morgan fingerprint density at radius 2 is 2.10 bits per heavy atom. The van der Waals surface area contributed by atoms with Crippen LogP contribution in [0.5, 0.6) is 5.88 Å². The number of methoxy groups -OCH3 is 1. The molecule has 0 bridgehead atoms. The Bertz CT molecular complexity index is 822. The molecule has 0 spiro atoms. The van der Waals surface area contributed by atoms with Crippen LogP contribution in [-0.4, -0.2) is 92.9 Å². The van der Waals surface area contributed by atoms with Gasteiger partial charge in [0.1, 0.15) is 12.7 Å². The van der Waals surface area contributed by atoms with Gasteiger partial charge < -0.3 is 14.5 Å². The van der Waals surface area contributed by atoms with E-state index < -0.39 is 0 Å². The van der Waals surface area contributed by atoms with E-state index in [1.165, 1.54) is 0 Å². The molecule has 162 valence electrons. The van der Waals surface area contributed by atoms with Crippen molar-refractivity contribution >= 4 is 11.9 Å². The number of likely N-dealkylation sites (N-methyl/N-ethyl adjacent to an activating group) is 1. The summed E-state index contributed by atoms with van der Waals surface area (Å²) in [6, 6.07) is 2.34. The third-order valence-corrected chi connectivity index (χ3v) is 6.22. The smallest absolute Gasteiger partial charge is 0.236 e. The topological polar surface area (TPSA) is 92.5 Å². The fourth-order valence-electron chi connectivity index (χ4n) is 4.39. The largest absolute Gasteiger partial charge is 0.481 e. The highest BCUT2D eigenvalue weighted by Gasteiger charge is 2.31. The van der Waals surface area contributed by atoms with Crippen molar-refractivity contribution in [1.29, 1.82) is 0 Å². The molecule has 0 aromatic carbocycles. The predicted molar refractivity (Wildman–Crippen MR) is 111 cm³/mol. The van der Waals surface area contributed by atoms with E-state index in [0.717, 1.165) is 51.9 Å². The van der Waals surface area contributed by atoms with Crippen molar-refractivity contribution in [2.24, 2.45) is 0 Å². The second-order valence-electron chi connectivity index (χ2n) is 8.01. The summed E-state index contributed by atoms with van der Waals surface area (Å²) in [5.74, 6) is 1.45. The Morgan fingerprint density at radius 3 is 2.83 bits per heavy atom. The molecule has 10 nitrogen and oxygen atoms in total. The maximum absolute atomic E-state index is 13.0. The lowest BCUT2D eigenvalue weighted by atomic mass is 10.0. The maximum Gasteiger partial charge on any atom is 0.236 e. The fourth-order valence-corrected chi connectivity index (χ4v) is 4.39. The van der Waals surface area contributed by atoms with Crippen LogP contribution in [0, 0.1) is 0 Å². The van der Waals surface area contributed by atoms with Gasteiger partial charge in [-0.1, -0.05) is 0 Å². The highest BCUT2D eigenvalue weighted by atomic mass is 16.5. The van der Waals surface area contributed by atoms with Gasteiger partial charge in [0.05, 0.1) is 20.2 Å². The molecule has 2 aromatic rings. The number of carbonyl (C=O) groups excluding carboxylic acids is 1. The number of piperidine rings is 1. The van der Waals surface area contributed by atoms with Crippen molar-refractivity contribution < 1.29 is 9.53 Å². The van der Waals surface area contributed by atoms with Gasteiger partial charge in [0, 0.05) is 44.5 Å². The molecular weight excluding hydrogens is 384 g/mol. The van der Waals surface area contributed by atoms with Gasteiger partial charge >= 0.3 is 0 Å². The molecule has 0 radical (unpaired) electrons. The molecule has 2 aromatic heterocycles. The van der Waals surface area contributed by atoms with E-state index in [0.29, 0.717) is 24.4 Å². The van der Waals surface area contributed by atoms with Crippen molar-refractivity contribution in [2.75, 3.05) is 45.2 Å². The van der Waals surface area contributed by atoms with Crippen LogP contribution < -0.4 is 9.64 Å². The van der Waals surface area contributed by atoms with Crippen molar-refractivity contribution in [3.8, 4) is 5.88 Å². The summed E-state index contributed by atoms with van der Waals surface area (Å²) in [6.07, 6.45) is 9.04. The number of carbonyl (C=O) groups is 1. The summed E-state index contributed by atoms with van der Waals surface area (Å²) in [6.45, 7) is 3.87. The van der Waals surface area contributed by atoms with E-state index in [4.69, 9.17) is 4.74 Å². The molecule has 2 fully saturated rings. The summed E-state index contributed by atoms with van der Waals surface area (Å²) in [4.78, 5) is 32.2. The molecule has 4 heterocycles. The zero-order valence-corrected chi connectivity index (χ0v) is 17.7. The SMILES string of the molecule is COc1ccnc(N2CCC(N(C)C(=O)CN3CCCC3Cn3cncn3)CC2)n1. The number of rotatable bonds is 7. The van der Waals surface area contributed by atoms with Crippen molar-refractivity contribution in [3.05, 3.63) is 24.9 Å². The molecule has 2 aliphatic heterocycles. The van der Waals surface area contributed by atoms with Crippen molar-refractivity contribution in [2.45, 2.75) is 44.3 Å². The number of amides is 1. The normalized spacial score (nSPS) is 20.5. The maximum atomic E-state index is 13.0. The van der Waals surface area contributed by atoms with Gasteiger partial charge in [0.2, 0.25) is 17.7 Å². The van der Waals surface area contributed by atoms with Crippen LogP contribution in [0.25, 0.3) is 0 Å². The number of likely N-dealkylation sites (tertiary alicyclic amines) is 1. The summed E-state index contributed by atoms with van der Waals surface area (Å²) in [7, 11) is 3.54. The highest BCUT2D eigenvalue weighted by Crippen LogP contribution is 2.22. The molecular formula is C20H30N8O2. The van der Waals surface area contributed by atoms with Crippen LogP contribution in [0.15, 0.2) is 24.9 Å². The van der Waals surface area contributed by atoms with Crippen LogP contribution >= 0.6 is 0 Å². The lowest BCUT2D eigenvalue weighted by Gasteiger charge is -2.37. The molecule has 2 saturated heterocycles. The number of anilines is 1. The van der Waals surface area contributed by atoms with E-state index in [2.05, 4.69) is 29.9 Å². The quantitative estimate of drug-likeness (QED) is 0.653. The first kappa shape index (κ1) is 20.5. The molecule has 1 unspecified atom stereocenters. The van der Waals surface area contributed by atoms with Crippen LogP contribution in [0.1, 0.15) is 25.7 Å². The Labute approximate surface area is 176 Å². The minimum Gasteiger partial charge on any atom is -0.481 e. The van der Waals surface area contributed by atoms with E-state index >= 15 is 0 Å². The van der Waals surface area contributed by atoms with Gasteiger partial charge in [-0.25, -0.2) is 9.97 Å². The Hall–Kier alpha value is -2.75. The average Bonchev–Trinajstić information content (AvgIpc) is 3.46. The molecule has 10 heteroatoms. The van der Waals surface area contributed by atoms with Gasteiger partial charge in [0.15, 0.2) is 0 Å². The van der Waals surface area contributed by atoms with Gasteiger partial charge in [-0.2, -0.15) is 10.1 Å². The van der Waals surface area contributed by atoms with E-state index in [1.807, 2.05) is 16.6 Å². The van der Waals surface area contributed by atoms with Crippen molar-refractivity contribution in [3.63, 3.8) is 0 Å². The molecule has 0 N–H and O–H groups in total. The Morgan fingerprint density at radius 1 is 1.27 bits per heavy atom. The summed E-state index contributed by atoms with van der Waals surface area (Å²) < 4.78 is 7.05. The van der Waals surface area contributed by atoms with E-state index in [1.54, 1.807) is 32.0 Å². The first-order chi connectivity index (χ1) is 14.6. The van der Waals surface area contributed by atoms with Gasteiger partial charge in [-0.3, -0.25) is 14.4 Å². The molecule has 30 heavy (non-hydrogen) atoms. The summed E-state index contributed by atoms with van der Waals surface area (Å²) in [5.41, 5.74) is 0. The standard InChI is InChI=1S/C20H30N8O2/c1-25(16-6-10-26(11-7-16)20-22-8-5-18(24-20)30-2)19(29)13-27-9-3-4-17(27)12-28-15-21-14-23-28/h5,8,14-17H,3-4,6-7,9-13H2,1-2H3. The number of ether oxygens (including phenoxy) is 1. The molecule has 2 aliphatic rings. The lowest BCUT2D eigenvalue weighted by molar-refractivity contribution is -0.133. The van der Waals surface area contributed by atoms with Gasteiger partial charge in [-0.05, 0) is 32.2 Å². The Balaban J connectivity index is 1.28. The lowest BCUT2D eigenvalue weighted by Crippen LogP contribution is -2.49. The zero-order chi connectivity index (χ0) is 20.9. The molecule has 4 rings (SSSR count). The van der Waals surface area contributed by atoms with E-state index in [-0.39, 0.29) is 11.9 Å². The minimum atomic E-state index is 0.191. The predicted octanol–water partition coefficient (Wildman–Crippen LogP) is 0.669. The molecule has 0 saturated carbocycles. The molecule has 1 atom stereocenters. The first-order valence-corrected chi connectivity index (χ1v) is 10.6. The first-order valence-electron chi connectivity index (χ1n) is 10.6. The minimum absolute atomic E-state index is 0.191. The molecule has 1 amide bonds. The van der Waals surface area contributed by atoms with Gasteiger partial charge in [-0.15, -0.1) is 0 Å². The monoisotopic (exact) mass is 414 g/mol. The molecule has 0 aliphatic carbocycles. The fraction of sp³-hybridized carbons (Fsp3) is 0.650. The van der Waals surface area contributed by atoms with Gasteiger partial charge in [0.25, 0.3) is 0 Å². The second kappa shape index (κ2) is 9.38. The summed E-state index contributed by atoms with van der Waals surface area (Å²) >= 11 is 0. The second-order valence-corrected chi connectivity index (χ2v) is 8.01. The summed E-state index contributed by atoms with van der Waals surface area (Å²) in [5, 5.41) is 4.21. The van der Waals surface area contributed by atoms with Crippen LogP contribution in [0.2, 0.25) is 0 Å². The van der Waals surface area contributed by atoms with Crippen LogP contribution in [0.4, 0.5) is 5.95 Å². The zero-order valence-electron chi connectivity index (χ0n) is 17.7. The van der Waals surface area contributed by atoms with Crippen molar-refractivity contribution in [1.82, 2.24) is 34.5 Å². The Kier molecular flexibility index (Phi) is 6.41. The van der Waals surface area contributed by atoms with E-state index in [9.17, 15) is 4.79 Å². The number of aromatic nitrogens is 5. The third kappa shape index (κ3) is 4.69. The van der Waals surface area contributed by atoms with Crippen LogP contribution in [-0.2, 0) is 11.3 Å². The highest BCUT2D eigenvalue weighted by molar-refractivity contribution is 5.78. The number of hydrogen-bond donors (Lipinski definition) is 0. The number of nitrogens with zero attached hydrogens (tertiary/aromatic N) is 8. The number of hydrogen-bond acceptors (Lipinski definition) is 8. The third-order valence-electron chi connectivity index (χ3n) is 6.22.